The fourth-order valence-corrected chi connectivity index (χ4v) is 4.03. The third-order valence-electron chi connectivity index (χ3n) is 5.76. The summed E-state index contributed by atoms with van der Waals surface area (Å²) in [4.78, 5) is 48.0. The van der Waals surface area contributed by atoms with Crippen molar-refractivity contribution < 1.29 is 38.5 Å². The van der Waals surface area contributed by atoms with Crippen LogP contribution in [0.1, 0.15) is 29.9 Å². The van der Waals surface area contributed by atoms with Gasteiger partial charge in [0.15, 0.2) is 0 Å². The molecule has 0 spiro atoms. The number of alkyl carbamates (subject to hydrolysis) is 1. The third-order valence-corrected chi connectivity index (χ3v) is 5.76. The molecule has 0 saturated heterocycles. The normalized spacial score (nSPS) is 13.7. The van der Waals surface area contributed by atoms with Gasteiger partial charge in [-0.3, -0.25) is 9.59 Å². The van der Waals surface area contributed by atoms with Crippen LogP contribution in [-0.4, -0.2) is 68.6 Å². The Morgan fingerprint density at radius 3 is 2.06 bits per heavy atom. The van der Waals surface area contributed by atoms with Gasteiger partial charge in [0.1, 0.15) is 18.7 Å². The van der Waals surface area contributed by atoms with E-state index in [4.69, 9.17) is 9.47 Å². The highest BCUT2D eigenvalue weighted by Gasteiger charge is 2.31. The number of benzene rings is 2. The highest BCUT2D eigenvalue weighted by atomic mass is 16.5. The Hall–Kier alpha value is -3.92. The number of fused-ring (bicyclic) bond motifs is 3. The van der Waals surface area contributed by atoms with Crippen LogP contribution in [0.4, 0.5) is 4.79 Å². The first kappa shape index (κ1) is 25.7. The Labute approximate surface area is 202 Å². The molecule has 1 unspecified atom stereocenters. The van der Waals surface area contributed by atoms with Gasteiger partial charge in [-0.05, 0) is 28.7 Å². The van der Waals surface area contributed by atoms with E-state index in [1.807, 2.05) is 48.5 Å². The third kappa shape index (κ3) is 6.36. The molecule has 0 radical (unpaired) electrons. The second kappa shape index (κ2) is 12.0. The van der Waals surface area contributed by atoms with E-state index in [1.165, 1.54) is 14.2 Å². The van der Waals surface area contributed by atoms with Crippen molar-refractivity contribution in [3.63, 3.8) is 0 Å². The lowest BCUT2D eigenvalue weighted by Crippen LogP contribution is -2.53. The number of carbonyl (C=O) groups excluding carboxylic acids is 3. The monoisotopic (exact) mass is 484 g/mol. The molecule has 10 heteroatoms. The molecule has 35 heavy (non-hydrogen) atoms. The number of aliphatic carboxylic acids is 1. The molecule has 0 fully saturated rings. The molecule has 2 amide bonds. The number of carbonyl (C=O) groups is 4. The van der Waals surface area contributed by atoms with Gasteiger partial charge in [-0.1, -0.05) is 48.5 Å². The number of methoxy groups -OCH3 is 2. The summed E-state index contributed by atoms with van der Waals surface area (Å²) in [6.07, 6.45) is -1.20. The van der Waals surface area contributed by atoms with E-state index in [0.717, 1.165) is 22.3 Å². The van der Waals surface area contributed by atoms with Gasteiger partial charge < -0.3 is 30.0 Å². The van der Waals surface area contributed by atoms with Crippen molar-refractivity contribution in [3.05, 3.63) is 59.7 Å². The first-order valence-corrected chi connectivity index (χ1v) is 11.1. The second-order valence-electron chi connectivity index (χ2n) is 7.99. The number of carboxylic acids is 1. The number of esters is 1. The summed E-state index contributed by atoms with van der Waals surface area (Å²) in [7, 11) is 2.52. The SMILES string of the molecule is COC[C@H](NC(=O)OCC1c2ccccc2-c2ccccc21)C(=O)NC(CCC(=O)OC)C(=O)O. The van der Waals surface area contributed by atoms with Crippen LogP contribution >= 0.6 is 0 Å². The molecule has 1 aliphatic rings. The van der Waals surface area contributed by atoms with Crippen LogP contribution < -0.4 is 10.6 Å². The standard InChI is InChI=1S/C25H28N2O8/c1-33-14-21(23(29)26-20(24(30)31)11-12-22(28)34-2)27-25(32)35-13-19-17-9-5-3-7-15(17)16-8-4-6-10-18(16)19/h3-10,19-21H,11-14H2,1-2H3,(H,26,29)(H,27,32)(H,30,31)/t20?,21-/m0/s1. The van der Waals surface area contributed by atoms with Gasteiger partial charge in [0.2, 0.25) is 5.91 Å². The van der Waals surface area contributed by atoms with E-state index in [9.17, 15) is 24.3 Å². The average molecular weight is 485 g/mol. The van der Waals surface area contributed by atoms with E-state index in [0.29, 0.717) is 0 Å². The summed E-state index contributed by atoms with van der Waals surface area (Å²) in [6, 6.07) is 13.2. The fourth-order valence-electron chi connectivity index (χ4n) is 4.03. The molecule has 3 rings (SSSR count). The van der Waals surface area contributed by atoms with Crippen LogP contribution in [0.2, 0.25) is 0 Å². The van der Waals surface area contributed by atoms with E-state index >= 15 is 0 Å². The minimum absolute atomic E-state index is 0.0536. The van der Waals surface area contributed by atoms with Crippen molar-refractivity contribution in [2.24, 2.45) is 0 Å². The minimum atomic E-state index is -1.34. The molecule has 10 nitrogen and oxygen atoms in total. The molecule has 186 valence electrons. The maximum Gasteiger partial charge on any atom is 0.407 e. The lowest BCUT2D eigenvalue weighted by molar-refractivity contribution is -0.144. The summed E-state index contributed by atoms with van der Waals surface area (Å²) < 4.78 is 15.0. The molecule has 2 atom stereocenters. The lowest BCUT2D eigenvalue weighted by Gasteiger charge is -2.21. The number of rotatable bonds is 11. The molecular weight excluding hydrogens is 456 g/mol. The molecule has 2 aromatic rings. The highest BCUT2D eigenvalue weighted by molar-refractivity contribution is 5.89. The van der Waals surface area contributed by atoms with Crippen LogP contribution in [0, 0.1) is 0 Å². The van der Waals surface area contributed by atoms with Crippen molar-refractivity contribution in [2.75, 3.05) is 27.4 Å². The van der Waals surface area contributed by atoms with Crippen molar-refractivity contribution in [1.29, 1.82) is 0 Å². The zero-order valence-corrected chi connectivity index (χ0v) is 19.5. The Kier molecular flexibility index (Phi) is 8.80. The second-order valence-corrected chi connectivity index (χ2v) is 7.99. The topological polar surface area (TPSA) is 140 Å². The van der Waals surface area contributed by atoms with Gasteiger partial charge in [-0.25, -0.2) is 9.59 Å². The summed E-state index contributed by atoms with van der Waals surface area (Å²) in [5.74, 6) is -2.86. The van der Waals surface area contributed by atoms with E-state index in [1.54, 1.807) is 0 Å². The van der Waals surface area contributed by atoms with Gasteiger partial charge in [-0.15, -0.1) is 0 Å². The van der Waals surface area contributed by atoms with Crippen LogP contribution in [0.15, 0.2) is 48.5 Å². The first-order valence-electron chi connectivity index (χ1n) is 11.1. The smallest absolute Gasteiger partial charge is 0.407 e. The molecule has 0 aromatic heterocycles. The van der Waals surface area contributed by atoms with Crippen LogP contribution in [0.25, 0.3) is 11.1 Å². The quantitative estimate of drug-likeness (QED) is 0.412. The Morgan fingerprint density at radius 2 is 1.51 bits per heavy atom. The summed E-state index contributed by atoms with van der Waals surface area (Å²) in [6.45, 7) is -0.155. The lowest BCUT2D eigenvalue weighted by atomic mass is 9.98. The zero-order chi connectivity index (χ0) is 25.4. The summed E-state index contributed by atoms with van der Waals surface area (Å²) in [5, 5.41) is 14.1. The maximum atomic E-state index is 12.6. The average Bonchev–Trinajstić information content (AvgIpc) is 3.18. The van der Waals surface area contributed by atoms with Gasteiger partial charge in [-0.2, -0.15) is 0 Å². The minimum Gasteiger partial charge on any atom is -0.480 e. The van der Waals surface area contributed by atoms with Gasteiger partial charge in [0.05, 0.1) is 13.7 Å². The Bertz CT molecular complexity index is 1040. The van der Waals surface area contributed by atoms with E-state index < -0.39 is 36.0 Å². The Balaban J connectivity index is 1.61. The molecule has 0 saturated carbocycles. The largest absolute Gasteiger partial charge is 0.480 e. The fraction of sp³-hybridized carbons (Fsp3) is 0.360. The first-order chi connectivity index (χ1) is 16.8. The highest BCUT2D eigenvalue weighted by Crippen LogP contribution is 2.44. The molecular formula is C25H28N2O8. The van der Waals surface area contributed by atoms with E-state index in [-0.39, 0.29) is 32.0 Å². The van der Waals surface area contributed by atoms with Crippen LogP contribution in [0.5, 0.6) is 0 Å². The van der Waals surface area contributed by atoms with Crippen molar-refractivity contribution in [1.82, 2.24) is 10.6 Å². The molecule has 3 N–H and O–H groups in total. The summed E-state index contributed by atoms with van der Waals surface area (Å²) >= 11 is 0. The number of nitrogens with one attached hydrogen (secondary N) is 2. The number of hydrogen-bond acceptors (Lipinski definition) is 7. The van der Waals surface area contributed by atoms with Crippen molar-refractivity contribution in [2.45, 2.75) is 30.8 Å². The molecule has 2 aromatic carbocycles. The maximum absolute atomic E-state index is 12.6. The van der Waals surface area contributed by atoms with Crippen LogP contribution in [-0.2, 0) is 28.6 Å². The molecule has 0 aliphatic heterocycles. The predicted molar refractivity (Wildman–Crippen MR) is 125 cm³/mol. The van der Waals surface area contributed by atoms with Crippen molar-refractivity contribution >= 4 is 23.9 Å². The van der Waals surface area contributed by atoms with Gasteiger partial charge >= 0.3 is 18.0 Å². The van der Waals surface area contributed by atoms with E-state index in [2.05, 4.69) is 15.4 Å². The molecule has 1 aliphatic carbocycles. The van der Waals surface area contributed by atoms with Gasteiger partial charge in [0, 0.05) is 19.4 Å². The number of ether oxygens (including phenoxy) is 3. The predicted octanol–water partition coefficient (Wildman–Crippen LogP) is 2.06. The summed E-state index contributed by atoms with van der Waals surface area (Å²) in [5.41, 5.74) is 4.26. The van der Waals surface area contributed by atoms with Gasteiger partial charge in [0.25, 0.3) is 0 Å². The number of hydrogen-bond donors (Lipinski definition) is 3. The zero-order valence-electron chi connectivity index (χ0n) is 19.5. The van der Waals surface area contributed by atoms with Crippen LogP contribution in [0.3, 0.4) is 0 Å². The molecule has 0 heterocycles. The Morgan fingerprint density at radius 1 is 0.914 bits per heavy atom. The molecule has 0 bridgehead atoms. The number of amides is 2. The van der Waals surface area contributed by atoms with Crippen molar-refractivity contribution in [3.8, 4) is 11.1 Å². The number of carboxylic acid groups (broad SMARTS) is 1.